The summed E-state index contributed by atoms with van der Waals surface area (Å²) < 4.78 is 2.75. The average molecular weight is 376 g/mol. The molecule has 2 heterocycles. The van der Waals surface area contributed by atoms with Gasteiger partial charge in [0.1, 0.15) is 0 Å². The third kappa shape index (κ3) is 3.36. The summed E-state index contributed by atoms with van der Waals surface area (Å²) in [6.07, 6.45) is 1.86. The normalized spacial score (nSPS) is 11.1. The van der Waals surface area contributed by atoms with E-state index in [-0.39, 0.29) is 5.91 Å². The lowest BCUT2D eigenvalue weighted by molar-refractivity contribution is 0.0979. The second-order valence-electron chi connectivity index (χ2n) is 6.63. The monoisotopic (exact) mass is 376 g/mol. The second-order valence-corrected chi connectivity index (χ2v) is 7.64. The van der Waals surface area contributed by atoms with Crippen LogP contribution in [0.25, 0.3) is 10.2 Å². The molecule has 0 saturated carbocycles. The van der Waals surface area contributed by atoms with Crippen LogP contribution in [0.2, 0.25) is 0 Å². The molecule has 2 aromatic heterocycles. The molecule has 4 rings (SSSR count). The summed E-state index contributed by atoms with van der Waals surface area (Å²) in [5.41, 5.74) is 4.43. The fourth-order valence-electron chi connectivity index (χ4n) is 3.13. The highest BCUT2D eigenvalue weighted by molar-refractivity contribution is 7.22. The Morgan fingerprint density at radius 3 is 2.52 bits per heavy atom. The van der Waals surface area contributed by atoms with Crippen molar-refractivity contribution in [2.24, 2.45) is 7.05 Å². The molecule has 2 aromatic carbocycles. The quantitative estimate of drug-likeness (QED) is 0.527. The summed E-state index contributed by atoms with van der Waals surface area (Å²) in [5, 5.41) is 5.06. The molecule has 0 aliphatic heterocycles. The van der Waals surface area contributed by atoms with Crippen molar-refractivity contribution < 1.29 is 4.79 Å². The average Bonchev–Trinajstić information content (AvgIpc) is 3.23. The summed E-state index contributed by atoms with van der Waals surface area (Å²) in [4.78, 5) is 19.9. The van der Waals surface area contributed by atoms with Gasteiger partial charge in [0.05, 0.1) is 16.8 Å². The van der Waals surface area contributed by atoms with Gasteiger partial charge in [-0.25, -0.2) is 4.98 Å². The number of hydrogen-bond donors (Lipinski definition) is 0. The van der Waals surface area contributed by atoms with E-state index < -0.39 is 0 Å². The Balaban J connectivity index is 1.80. The minimum Gasteiger partial charge on any atom is -0.278 e. The molecule has 5 nitrogen and oxygen atoms in total. The number of aromatic nitrogens is 3. The van der Waals surface area contributed by atoms with Gasteiger partial charge in [0.15, 0.2) is 10.8 Å². The molecular weight excluding hydrogens is 356 g/mol. The Morgan fingerprint density at radius 1 is 1.07 bits per heavy atom. The molecule has 0 atom stereocenters. The van der Waals surface area contributed by atoms with E-state index in [2.05, 4.69) is 5.10 Å². The van der Waals surface area contributed by atoms with E-state index in [4.69, 9.17) is 4.98 Å². The van der Waals surface area contributed by atoms with Crippen LogP contribution in [0.1, 0.15) is 27.2 Å². The van der Waals surface area contributed by atoms with Crippen molar-refractivity contribution in [3.8, 4) is 0 Å². The molecule has 1 amide bonds. The van der Waals surface area contributed by atoms with Gasteiger partial charge in [-0.05, 0) is 31.0 Å². The molecule has 0 N–H and O–H groups in total. The van der Waals surface area contributed by atoms with Crippen molar-refractivity contribution in [2.75, 3.05) is 4.90 Å². The van der Waals surface area contributed by atoms with Gasteiger partial charge in [-0.3, -0.25) is 14.4 Å². The second kappa shape index (κ2) is 6.96. The summed E-state index contributed by atoms with van der Waals surface area (Å²) >= 11 is 1.53. The van der Waals surface area contributed by atoms with Gasteiger partial charge in [-0.2, -0.15) is 5.10 Å². The van der Waals surface area contributed by atoms with E-state index in [9.17, 15) is 4.79 Å². The molecule has 0 spiro atoms. The van der Waals surface area contributed by atoms with Crippen LogP contribution >= 0.6 is 11.3 Å². The Morgan fingerprint density at radius 2 is 1.85 bits per heavy atom. The molecule has 136 valence electrons. The molecule has 0 unspecified atom stereocenters. The molecule has 0 aliphatic rings. The maximum Gasteiger partial charge on any atom is 0.281 e. The maximum atomic E-state index is 13.4. The van der Waals surface area contributed by atoms with E-state index in [1.165, 1.54) is 11.3 Å². The summed E-state index contributed by atoms with van der Waals surface area (Å²) in [6, 6.07) is 16.1. The fraction of sp³-hybridized carbons (Fsp3) is 0.190. The Labute approximate surface area is 161 Å². The van der Waals surface area contributed by atoms with Crippen molar-refractivity contribution in [2.45, 2.75) is 20.4 Å². The smallest absolute Gasteiger partial charge is 0.278 e. The first-order valence-electron chi connectivity index (χ1n) is 8.75. The van der Waals surface area contributed by atoms with Gasteiger partial charge in [0.25, 0.3) is 5.91 Å². The van der Waals surface area contributed by atoms with Crippen LogP contribution in [-0.4, -0.2) is 20.7 Å². The zero-order valence-electron chi connectivity index (χ0n) is 15.5. The largest absolute Gasteiger partial charge is 0.281 e. The lowest BCUT2D eigenvalue weighted by atomic mass is 10.2. The number of thiazole rings is 1. The lowest BCUT2D eigenvalue weighted by Crippen LogP contribution is -2.31. The van der Waals surface area contributed by atoms with E-state index in [1.807, 2.05) is 75.6 Å². The minimum atomic E-state index is -0.131. The predicted molar refractivity (Wildman–Crippen MR) is 109 cm³/mol. The SMILES string of the molecule is Cc1cn(C)nc1C(=O)N(Cc1ccccc1)c1nc2c(C)cccc2s1. The molecule has 0 aliphatic carbocycles. The molecule has 0 fully saturated rings. The molecule has 4 aromatic rings. The number of rotatable bonds is 4. The van der Waals surface area contributed by atoms with Crippen LogP contribution < -0.4 is 4.90 Å². The Bertz CT molecular complexity index is 1110. The number of carbonyl (C=O) groups is 1. The lowest BCUT2D eigenvalue weighted by Gasteiger charge is -2.19. The minimum absolute atomic E-state index is 0.131. The number of carbonyl (C=O) groups excluding carboxylic acids is 1. The Kier molecular flexibility index (Phi) is 4.49. The molecule has 0 bridgehead atoms. The molecule has 0 radical (unpaired) electrons. The zero-order chi connectivity index (χ0) is 19.0. The van der Waals surface area contributed by atoms with Gasteiger partial charge in [-0.15, -0.1) is 0 Å². The molecular formula is C21H20N4OS. The number of aryl methyl sites for hydroxylation is 3. The number of hydrogen-bond acceptors (Lipinski definition) is 4. The van der Waals surface area contributed by atoms with Crippen molar-refractivity contribution in [1.29, 1.82) is 0 Å². The number of anilines is 1. The first-order valence-corrected chi connectivity index (χ1v) is 9.57. The van der Waals surface area contributed by atoms with Gasteiger partial charge in [-0.1, -0.05) is 53.8 Å². The molecule has 27 heavy (non-hydrogen) atoms. The van der Waals surface area contributed by atoms with Crippen molar-refractivity contribution in [1.82, 2.24) is 14.8 Å². The van der Waals surface area contributed by atoms with Crippen LogP contribution in [0.5, 0.6) is 0 Å². The Hall–Kier alpha value is -2.99. The summed E-state index contributed by atoms with van der Waals surface area (Å²) in [5.74, 6) is -0.131. The van der Waals surface area contributed by atoms with Crippen LogP contribution in [-0.2, 0) is 13.6 Å². The number of nitrogens with zero attached hydrogens (tertiary/aromatic N) is 4. The maximum absolute atomic E-state index is 13.4. The van der Waals surface area contributed by atoms with Gasteiger partial charge >= 0.3 is 0 Å². The first kappa shape index (κ1) is 17.4. The summed E-state index contributed by atoms with van der Waals surface area (Å²) in [7, 11) is 1.83. The predicted octanol–water partition coefficient (Wildman–Crippen LogP) is 4.49. The molecule has 6 heteroatoms. The van der Waals surface area contributed by atoms with Crippen molar-refractivity contribution >= 4 is 32.6 Å². The summed E-state index contributed by atoms with van der Waals surface area (Å²) in [6.45, 7) is 4.40. The standard InChI is InChI=1S/C21H20N4OS/c1-14-8-7-11-17-18(14)22-21(27-17)25(13-16-9-5-4-6-10-16)20(26)19-15(2)12-24(3)23-19/h4-12H,13H2,1-3H3. The third-order valence-corrected chi connectivity index (χ3v) is 5.53. The highest BCUT2D eigenvalue weighted by Crippen LogP contribution is 2.32. The van der Waals surface area contributed by atoms with E-state index in [0.717, 1.165) is 26.9 Å². The van der Waals surface area contributed by atoms with E-state index in [1.54, 1.807) is 9.58 Å². The zero-order valence-corrected chi connectivity index (χ0v) is 16.3. The van der Waals surface area contributed by atoms with Crippen LogP contribution in [0.4, 0.5) is 5.13 Å². The highest BCUT2D eigenvalue weighted by Gasteiger charge is 2.25. The van der Waals surface area contributed by atoms with Crippen LogP contribution in [0.15, 0.2) is 54.7 Å². The van der Waals surface area contributed by atoms with E-state index >= 15 is 0 Å². The first-order chi connectivity index (χ1) is 13.0. The van der Waals surface area contributed by atoms with Gasteiger partial charge < -0.3 is 0 Å². The van der Waals surface area contributed by atoms with Crippen molar-refractivity contribution in [3.05, 3.63) is 77.1 Å². The topological polar surface area (TPSA) is 51.0 Å². The van der Waals surface area contributed by atoms with Crippen LogP contribution in [0.3, 0.4) is 0 Å². The van der Waals surface area contributed by atoms with Gasteiger partial charge in [0.2, 0.25) is 0 Å². The third-order valence-electron chi connectivity index (χ3n) is 4.48. The highest BCUT2D eigenvalue weighted by atomic mass is 32.1. The number of benzene rings is 2. The van der Waals surface area contributed by atoms with Crippen LogP contribution in [0, 0.1) is 13.8 Å². The molecule has 0 saturated heterocycles. The van der Waals surface area contributed by atoms with Crippen molar-refractivity contribution in [3.63, 3.8) is 0 Å². The number of amides is 1. The number of para-hydroxylation sites is 1. The fourth-order valence-corrected chi connectivity index (χ4v) is 4.17. The van der Waals surface area contributed by atoms with Gasteiger partial charge in [0, 0.05) is 18.8 Å². The van der Waals surface area contributed by atoms with E-state index in [0.29, 0.717) is 17.4 Å². The number of fused-ring (bicyclic) bond motifs is 1.